The summed E-state index contributed by atoms with van der Waals surface area (Å²) in [6, 6.07) is 12.6. The van der Waals surface area contributed by atoms with Crippen LogP contribution >= 0.6 is 11.6 Å². The van der Waals surface area contributed by atoms with Gasteiger partial charge in [-0.05, 0) is 60.9 Å². The predicted molar refractivity (Wildman–Crippen MR) is 122 cm³/mol. The summed E-state index contributed by atoms with van der Waals surface area (Å²) < 4.78 is 10.9. The number of ether oxygens (including phenoxy) is 2. The van der Waals surface area contributed by atoms with Crippen LogP contribution in [-0.2, 0) is 4.79 Å². The van der Waals surface area contributed by atoms with Gasteiger partial charge < -0.3 is 14.8 Å². The van der Waals surface area contributed by atoms with Gasteiger partial charge in [-0.2, -0.15) is 10.4 Å². The first-order valence-electron chi connectivity index (χ1n) is 10.0. The highest BCUT2D eigenvalue weighted by atomic mass is 35.5. The summed E-state index contributed by atoms with van der Waals surface area (Å²) in [5, 5.41) is 15.9. The number of hydrazone groups is 1. The molecule has 0 heterocycles. The maximum atomic E-state index is 12.6. The topological polar surface area (TPSA) is 113 Å². The van der Waals surface area contributed by atoms with Gasteiger partial charge in [-0.1, -0.05) is 25.4 Å². The second-order valence-electron chi connectivity index (χ2n) is 7.02. The molecule has 0 aromatic heterocycles. The van der Waals surface area contributed by atoms with Crippen LogP contribution in [0.2, 0.25) is 5.02 Å². The molecule has 1 unspecified atom stereocenters. The van der Waals surface area contributed by atoms with Crippen molar-refractivity contribution in [2.45, 2.75) is 26.8 Å². The van der Waals surface area contributed by atoms with Crippen molar-refractivity contribution >= 4 is 29.6 Å². The molecule has 1 atom stereocenters. The minimum absolute atomic E-state index is 0.0953. The lowest BCUT2D eigenvalue weighted by Crippen LogP contribution is -2.48. The molecule has 2 aromatic rings. The molecule has 9 heteroatoms. The lowest BCUT2D eigenvalue weighted by molar-refractivity contribution is -0.123. The first kappa shape index (κ1) is 24.7. The summed E-state index contributed by atoms with van der Waals surface area (Å²) >= 11 is 5.85. The average Bonchev–Trinajstić information content (AvgIpc) is 2.77. The molecule has 0 aliphatic heterocycles. The summed E-state index contributed by atoms with van der Waals surface area (Å²) in [4.78, 5) is 25.1. The van der Waals surface area contributed by atoms with E-state index in [-0.39, 0.29) is 18.4 Å². The number of benzene rings is 2. The molecule has 0 aliphatic carbocycles. The van der Waals surface area contributed by atoms with Crippen molar-refractivity contribution in [2.75, 3.05) is 13.2 Å². The minimum Gasteiger partial charge on any atom is -0.490 e. The Hall–Kier alpha value is -3.57. The predicted octanol–water partition coefficient (Wildman–Crippen LogP) is 3.55. The van der Waals surface area contributed by atoms with Gasteiger partial charge in [0.2, 0.25) is 0 Å². The molecule has 2 amide bonds. The molecule has 168 valence electrons. The lowest BCUT2D eigenvalue weighted by Gasteiger charge is -2.20. The molecule has 0 aliphatic rings. The van der Waals surface area contributed by atoms with Crippen molar-refractivity contribution in [1.82, 2.24) is 10.7 Å². The molecule has 2 rings (SSSR count). The summed E-state index contributed by atoms with van der Waals surface area (Å²) in [5.74, 6) is -0.0818. The van der Waals surface area contributed by atoms with E-state index in [2.05, 4.69) is 15.8 Å². The van der Waals surface area contributed by atoms with Crippen molar-refractivity contribution in [1.29, 1.82) is 5.26 Å². The Balaban J connectivity index is 2.04. The van der Waals surface area contributed by atoms with Crippen LogP contribution in [0.4, 0.5) is 0 Å². The van der Waals surface area contributed by atoms with Gasteiger partial charge in [-0.3, -0.25) is 9.59 Å². The van der Waals surface area contributed by atoms with E-state index in [1.807, 2.05) is 26.8 Å². The third-order valence-electron chi connectivity index (χ3n) is 4.29. The number of carbonyl (C=O) groups excluding carboxylic acids is 2. The van der Waals surface area contributed by atoms with Gasteiger partial charge >= 0.3 is 0 Å². The van der Waals surface area contributed by atoms with Crippen LogP contribution in [0.1, 0.15) is 36.7 Å². The highest BCUT2D eigenvalue weighted by Crippen LogP contribution is 2.28. The van der Waals surface area contributed by atoms with Crippen LogP contribution < -0.4 is 20.2 Å². The molecular formula is C23H25ClN4O4. The van der Waals surface area contributed by atoms with E-state index in [0.29, 0.717) is 34.3 Å². The molecule has 2 aromatic carbocycles. The van der Waals surface area contributed by atoms with E-state index in [1.165, 1.54) is 6.21 Å². The zero-order valence-corrected chi connectivity index (χ0v) is 18.8. The standard InChI is InChI=1S/C23H25ClN4O4/c1-4-31-20-13-16(5-10-19(20)32-12-11-25)14-26-28-23(30)21(15(2)3)27-22(29)17-6-8-18(24)9-7-17/h5-10,13-15,21H,4,12H2,1-3H3,(H,27,29)(H,28,30). The number of amides is 2. The first-order valence-corrected chi connectivity index (χ1v) is 10.4. The zero-order valence-electron chi connectivity index (χ0n) is 18.1. The van der Waals surface area contributed by atoms with Gasteiger partial charge in [-0.25, -0.2) is 5.43 Å². The number of hydrogen-bond donors (Lipinski definition) is 2. The third-order valence-corrected chi connectivity index (χ3v) is 4.54. The number of halogens is 1. The molecule has 0 radical (unpaired) electrons. The molecule has 8 nitrogen and oxygen atoms in total. The third kappa shape index (κ3) is 7.29. The van der Waals surface area contributed by atoms with Gasteiger partial charge in [0.1, 0.15) is 12.1 Å². The summed E-state index contributed by atoms with van der Waals surface area (Å²) in [5.41, 5.74) is 3.52. The van der Waals surface area contributed by atoms with E-state index in [9.17, 15) is 9.59 Å². The van der Waals surface area contributed by atoms with Crippen LogP contribution in [0.25, 0.3) is 0 Å². The lowest BCUT2D eigenvalue weighted by atomic mass is 10.0. The van der Waals surface area contributed by atoms with E-state index >= 15 is 0 Å². The highest BCUT2D eigenvalue weighted by Gasteiger charge is 2.24. The Kier molecular flexibility index (Phi) is 9.51. The van der Waals surface area contributed by atoms with Crippen molar-refractivity contribution < 1.29 is 19.1 Å². The molecule has 0 saturated carbocycles. The molecule has 0 bridgehead atoms. The number of nitriles is 1. The molecule has 2 N–H and O–H groups in total. The SMILES string of the molecule is CCOc1cc(C=NNC(=O)C(NC(=O)c2ccc(Cl)cc2)C(C)C)ccc1OCC#N. The number of rotatable bonds is 10. The molecular weight excluding hydrogens is 432 g/mol. The molecule has 32 heavy (non-hydrogen) atoms. The van der Waals surface area contributed by atoms with Gasteiger partial charge in [0, 0.05) is 10.6 Å². The summed E-state index contributed by atoms with van der Waals surface area (Å²) in [6.45, 7) is 5.81. The monoisotopic (exact) mass is 456 g/mol. The van der Waals surface area contributed by atoms with Crippen molar-refractivity contribution in [3.8, 4) is 17.6 Å². The molecule has 0 fully saturated rings. The second kappa shape index (κ2) is 12.3. The van der Waals surface area contributed by atoms with Crippen LogP contribution in [0.15, 0.2) is 47.6 Å². The fraction of sp³-hybridized carbons (Fsp3) is 0.304. The number of nitrogens with zero attached hydrogens (tertiary/aromatic N) is 2. The van der Waals surface area contributed by atoms with Gasteiger partial charge in [0.25, 0.3) is 11.8 Å². The van der Waals surface area contributed by atoms with E-state index in [4.69, 9.17) is 26.3 Å². The summed E-state index contributed by atoms with van der Waals surface area (Å²) in [7, 11) is 0. The fourth-order valence-corrected chi connectivity index (χ4v) is 2.83. The summed E-state index contributed by atoms with van der Waals surface area (Å²) in [6.07, 6.45) is 1.45. The van der Waals surface area contributed by atoms with Gasteiger partial charge in [0.05, 0.1) is 12.8 Å². The normalized spacial score (nSPS) is 11.6. The fourth-order valence-electron chi connectivity index (χ4n) is 2.70. The van der Waals surface area contributed by atoms with Crippen LogP contribution in [-0.4, -0.2) is 37.3 Å². The first-order chi connectivity index (χ1) is 15.3. The largest absolute Gasteiger partial charge is 0.490 e. The smallest absolute Gasteiger partial charge is 0.262 e. The van der Waals surface area contributed by atoms with Crippen LogP contribution in [0, 0.1) is 17.2 Å². The minimum atomic E-state index is -0.781. The Bertz CT molecular complexity index is 1000. The zero-order chi connectivity index (χ0) is 23.5. The van der Waals surface area contributed by atoms with Crippen LogP contribution in [0.5, 0.6) is 11.5 Å². The van der Waals surface area contributed by atoms with Crippen molar-refractivity contribution in [3.63, 3.8) is 0 Å². The van der Waals surface area contributed by atoms with Gasteiger partial charge in [-0.15, -0.1) is 0 Å². The second-order valence-corrected chi connectivity index (χ2v) is 7.46. The van der Waals surface area contributed by atoms with E-state index < -0.39 is 11.9 Å². The van der Waals surface area contributed by atoms with E-state index in [0.717, 1.165) is 0 Å². The maximum absolute atomic E-state index is 12.6. The Morgan fingerprint density at radius 1 is 1.16 bits per heavy atom. The molecule has 0 saturated heterocycles. The van der Waals surface area contributed by atoms with Crippen LogP contribution in [0.3, 0.4) is 0 Å². The Morgan fingerprint density at radius 3 is 2.50 bits per heavy atom. The van der Waals surface area contributed by atoms with Crippen molar-refractivity contribution in [2.24, 2.45) is 11.0 Å². The van der Waals surface area contributed by atoms with Gasteiger partial charge in [0.15, 0.2) is 18.1 Å². The number of carbonyl (C=O) groups is 2. The Morgan fingerprint density at radius 2 is 1.88 bits per heavy atom. The quantitative estimate of drug-likeness (QED) is 0.419. The maximum Gasteiger partial charge on any atom is 0.262 e. The molecule has 0 spiro atoms. The average molecular weight is 457 g/mol. The Labute approximate surface area is 192 Å². The number of nitrogens with one attached hydrogen (secondary N) is 2. The number of hydrogen-bond acceptors (Lipinski definition) is 6. The van der Waals surface area contributed by atoms with E-state index in [1.54, 1.807) is 42.5 Å². The highest BCUT2D eigenvalue weighted by molar-refractivity contribution is 6.30. The van der Waals surface area contributed by atoms with Crippen molar-refractivity contribution in [3.05, 3.63) is 58.6 Å².